The first-order valence-electron chi connectivity index (χ1n) is 12.7. The van der Waals surface area contributed by atoms with Crippen LogP contribution in [0.25, 0.3) is 10.9 Å². The van der Waals surface area contributed by atoms with Gasteiger partial charge in [0.2, 0.25) is 0 Å². The Morgan fingerprint density at radius 3 is 2.23 bits per heavy atom. The molecule has 9 nitrogen and oxygen atoms in total. The zero-order chi connectivity index (χ0) is 27.4. The zero-order valence-corrected chi connectivity index (χ0v) is 21.9. The van der Waals surface area contributed by atoms with E-state index in [1.165, 1.54) is 3.97 Å². The monoisotopic (exact) mass is 553 g/mol. The molecule has 4 aromatic rings. The first-order chi connectivity index (χ1) is 18.9. The smallest absolute Gasteiger partial charge is 0.268 e. The third-order valence-corrected chi connectivity index (χ3v) is 8.51. The first kappa shape index (κ1) is 27.5. The number of hydrogen-bond donors (Lipinski definition) is 3. The molecule has 10 heteroatoms. The molecule has 5 atom stereocenters. The van der Waals surface area contributed by atoms with Gasteiger partial charge in [-0.3, -0.25) is 0 Å². The fourth-order valence-corrected chi connectivity index (χ4v) is 6.17. The lowest BCUT2D eigenvalue weighted by Gasteiger charge is -2.41. The van der Waals surface area contributed by atoms with E-state index >= 15 is 0 Å². The van der Waals surface area contributed by atoms with Gasteiger partial charge in [0, 0.05) is 11.6 Å². The van der Waals surface area contributed by atoms with Gasteiger partial charge in [0.15, 0.2) is 6.29 Å². The van der Waals surface area contributed by atoms with E-state index in [1.807, 2.05) is 42.5 Å². The number of hydrogen-bond acceptors (Lipinski definition) is 8. The Morgan fingerprint density at radius 2 is 1.51 bits per heavy atom. The summed E-state index contributed by atoms with van der Waals surface area (Å²) < 4.78 is 45.3. The van der Waals surface area contributed by atoms with Crippen LogP contribution in [0.15, 0.2) is 96.0 Å². The summed E-state index contributed by atoms with van der Waals surface area (Å²) in [5, 5.41) is 32.0. The molecule has 5 rings (SSSR count). The molecule has 0 radical (unpaired) electrons. The van der Waals surface area contributed by atoms with Gasteiger partial charge in [-0.05, 0) is 35.7 Å². The van der Waals surface area contributed by atoms with Gasteiger partial charge >= 0.3 is 0 Å². The van der Waals surface area contributed by atoms with Gasteiger partial charge in [0.05, 0.1) is 30.2 Å². The van der Waals surface area contributed by atoms with Crippen molar-refractivity contribution in [2.24, 2.45) is 0 Å². The van der Waals surface area contributed by atoms with Gasteiger partial charge in [-0.15, -0.1) is 0 Å². The van der Waals surface area contributed by atoms with Crippen LogP contribution in [0.1, 0.15) is 11.1 Å². The minimum Gasteiger partial charge on any atom is -0.394 e. The lowest BCUT2D eigenvalue weighted by molar-refractivity contribution is -0.309. The average Bonchev–Trinajstić information content (AvgIpc) is 3.34. The Balaban J connectivity index is 1.30. The Morgan fingerprint density at radius 1 is 0.846 bits per heavy atom. The Hall–Kier alpha value is -3.09. The number of nitrogens with zero attached hydrogens (tertiary/aromatic N) is 1. The Kier molecular flexibility index (Phi) is 8.43. The quantitative estimate of drug-likeness (QED) is 0.273. The number of aliphatic hydroxyl groups is 3. The molecule has 1 aliphatic rings. The number of benzene rings is 3. The van der Waals surface area contributed by atoms with Crippen molar-refractivity contribution in [2.75, 3.05) is 13.2 Å². The topological polar surface area (TPSA) is 127 Å². The van der Waals surface area contributed by atoms with E-state index in [0.29, 0.717) is 11.9 Å². The van der Waals surface area contributed by atoms with Crippen LogP contribution in [0, 0.1) is 0 Å². The molecule has 3 aromatic carbocycles. The van der Waals surface area contributed by atoms with E-state index in [-0.39, 0.29) is 18.1 Å². The van der Waals surface area contributed by atoms with Gasteiger partial charge in [0.1, 0.15) is 24.4 Å². The second-order valence-corrected chi connectivity index (χ2v) is 11.2. The lowest BCUT2D eigenvalue weighted by Crippen LogP contribution is -2.60. The Bertz CT molecular complexity index is 1480. The van der Waals surface area contributed by atoms with Gasteiger partial charge in [-0.1, -0.05) is 66.7 Å². The number of aromatic nitrogens is 1. The molecule has 0 unspecified atom stereocenters. The van der Waals surface area contributed by atoms with Crippen molar-refractivity contribution >= 4 is 20.9 Å². The maximum absolute atomic E-state index is 13.3. The third kappa shape index (κ3) is 5.78. The fourth-order valence-electron chi connectivity index (χ4n) is 4.76. The summed E-state index contributed by atoms with van der Waals surface area (Å²) in [7, 11) is -3.81. The van der Waals surface area contributed by atoms with Crippen LogP contribution in [0.3, 0.4) is 0 Å². The summed E-state index contributed by atoms with van der Waals surface area (Å²) in [4.78, 5) is 0.183. The van der Waals surface area contributed by atoms with E-state index in [1.54, 1.807) is 48.7 Å². The van der Waals surface area contributed by atoms with E-state index in [2.05, 4.69) is 0 Å². The zero-order valence-electron chi connectivity index (χ0n) is 21.1. The number of para-hydroxylation sites is 1. The van der Waals surface area contributed by atoms with E-state index in [9.17, 15) is 23.7 Å². The highest BCUT2D eigenvalue weighted by molar-refractivity contribution is 7.90. The second kappa shape index (κ2) is 12.0. The van der Waals surface area contributed by atoms with Crippen LogP contribution >= 0.6 is 0 Å². The number of aliphatic hydroxyl groups excluding tert-OH is 3. The molecule has 0 bridgehead atoms. The standard InChI is InChI=1S/C29H31NO8S/c31-18-25-26(32)28(37-19-20-9-3-1-4-10-20)27(33)29(38-25)36-16-15-21-17-30(24-14-8-7-13-23(21)24)39(34,35)22-11-5-2-6-12-22/h1-14,17,25-29,31-33H,15-16,18-19H2/t25-,26-,27-,28+,29-/m1/s1. The van der Waals surface area contributed by atoms with E-state index in [0.717, 1.165) is 16.5 Å². The molecule has 3 N–H and O–H groups in total. The van der Waals surface area contributed by atoms with Crippen molar-refractivity contribution in [2.45, 2.75) is 48.6 Å². The second-order valence-electron chi connectivity index (χ2n) is 9.37. The number of ether oxygens (including phenoxy) is 3. The summed E-state index contributed by atoms with van der Waals surface area (Å²) in [5.74, 6) is 0. The van der Waals surface area contributed by atoms with Crippen LogP contribution < -0.4 is 0 Å². The normalized spacial score (nSPS) is 23.7. The summed E-state index contributed by atoms with van der Waals surface area (Å²) in [6.07, 6.45) is -3.86. The van der Waals surface area contributed by atoms with Crippen molar-refractivity contribution in [1.29, 1.82) is 0 Å². The molecule has 1 aliphatic heterocycles. The maximum atomic E-state index is 13.3. The van der Waals surface area contributed by atoms with Crippen LogP contribution in [-0.2, 0) is 37.3 Å². The van der Waals surface area contributed by atoms with E-state index in [4.69, 9.17) is 14.2 Å². The highest BCUT2D eigenvalue weighted by Gasteiger charge is 2.45. The predicted molar refractivity (Wildman–Crippen MR) is 143 cm³/mol. The first-order valence-corrected chi connectivity index (χ1v) is 14.1. The molecule has 0 amide bonds. The number of rotatable bonds is 10. The Labute approximate surface area is 226 Å². The molecule has 0 spiro atoms. The maximum Gasteiger partial charge on any atom is 0.268 e. The van der Waals surface area contributed by atoms with Crippen molar-refractivity contribution in [3.05, 3.63) is 102 Å². The molecule has 206 valence electrons. The summed E-state index contributed by atoms with van der Waals surface area (Å²) in [5.41, 5.74) is 2.15. The van der Waals surface area contributed by atoms with Crippen molar-refractivity contribution in [3.8, 4) is 0 Å². The molecular formula is C29H31NO8S. The molecule has 1 saturated heterocycles. The molecule has 0 saturated carbocycles. The molecular weight excluding hydrogens is 522 g/mol. The van der Waals surface area contributed by atoms with Gasteiger partial charge in [-0.2, -0.15) is 0 Å². The SMILES string of the molecule is O=S(=O)(c1ccccc1)n1cc(CCO[C@@H]2O[C@H](CO)[C@@H](O)[C@H](OCc3ccccc3)[C@H]2O)c2ccccc21. The predicted octanol–water partition coefficient (Wildman–Crippen LogP) is 2.46. The van der Waals surface area contributed by atoms with Crippen LogP contribution in [0.2, 0.25) is 0 Å². The molecule has 39 heavy (non-hydrogen) atoms. The van der Waals surface area contributed by atoms with Crippen LogP contribution in [0.5, 0.6) is 0 Å². The summed E-state index contributed by atoms with van der Waals surface area (Å²) >= 11 is 0. The lowest BCUT2D eigenvalue weighted by atomic mass is 9.99. The highest BCUT2D eigenvalue weighted by Crippen LogP contribution is 2.28. The van der Waals surface area contributed by atoms with Gasteiger partial charge < -0.3 is 29.5 Å². The minimum absolute atomic E-state index is 0.0841. The number of fused-ring (bicyclic) bond motifs is 1. The molecule has 1 aromatic heterocycles. The van der Waals surface area contributed by atoms with Gasteiger partial charge in [-0.25, -0.2) is 12.4 Å². The third-order valence-electron chi connectivity index (χ3n) is 6.82. The van der Waals surface area contributed by atoms with E-state index < -0.39 is 47.3 Å². The van der Waals surface area contributed by atoms with Crippen molar-refractivity contribution < 1.29 is 37.9 Å². The van der Waals surface area contributed by atoms with Crippen molar-refractivity contribution in [3.63, 3.8) is 0 Å². The van der Waals surface area contributed by atoms with Crippen LogP contribution in [0.4, 0.5) is 0 Å². The largest absolute Gasteiger partial charge is 0.394 e. The molecule has 0 aliphatic carbocycles. The minimum atomic E-state index is -3.81. The van der Waals surface area contributed by atoms with Crippen molar-refractivity contribution in [1.82, 2.24) is 3.97 Å². The molecule has 2 heterocycles. The van der Waals surface area contributed by atoms with Crippen LogP contribution in [-0.4, -0.2) is 71.6 Å². The summed E-state index contributed by atoms with van der Waals surface area (Å²) in [6, 6.07) is 24.8. The fraction of sp³-hybridized carbons (Fsp3) is 0.310. The highest BCUT2D eigenvalue weighted by atomic mass is 32.2. The molecule has 1 fully saturated rings. The van der Waals surface area contributed by atoms with Gasteiger partial charge in [0.25, 0.3) is 10.0 Å². The average molecular weight is 554 g/mol. The summed E-state index contributed by atoms with van der Waals surface area (Å²) in [6.45, 7) is -0.246.